The average molecular weight is 406 g/mol. The molecule has 0 saturated heterocycles. The van der Waals surface area contributed by atoms with E-state index >= 15 is 0 Å². The van der Waals surface area contributed by atoms with E-state index in [1.807, 2.05) is 61.7 Å². The van der Waals surface area contributed by atoms with E-state index in [-0.39, 0.29) is 5.91 Å². The summed E-state index contributed by atoms with van der Waals surface area (Å²) in [5.41, 5.74) is 3.30. The van der Waals surface area contributed by atoms with Crippen molar-refractivity contribution in [2.24, 2.45) is 0 Å². The van der Waals surface area contributed by atoms with E-state index in [1.165, 1.54) is 0 Å². The first kappa shape index (κ1) is 19.0. The zero-order chi connectivity index (χ0) is 20.2. The molecule has 0 aliphatic carbocycles. The smallest absolute Gasteiger partial charge is 0.260 e. The highest BCUT2D eigenvalue weighted by molar-refractivity contribution is 6.30. The lowest BCUT2D eigenvalue weighted by Gasteiger charge is -2.08. The van der Waals surface area contributed by atoms with Crippen molar-refractivity contribution in [2.45, 2.75) is 19.9 Å². The Morgan fingerprint density at radius 3 is 2.69 bits per heavy atom. The molecular weight excluding hydrogens is 386 g/mol. The number of rotatable bonds is 6. The summed E-state index contributed by atoms with van der Waals surface area (Å²) in [6.45, 7) is 2.63. The zero-order valence-electron chi connectivity index (χ0n) is 15.9. The van der Waals surface area contributed by atoms with E-state index in [2.05, 4.69) is 15.5 Å². The summed E-state index contributed by atoms with van der Waals surface area (Å²) in [5.74, 6) is 0.267. The van der Waals surface area contributed by atoms with Crippen LogP contribution in [0.3, 0.4) is 0 Å². The molecular formula is C22H20ClN5O. The van der Waals surface area contributed by atoms with Gasteiger partial charge >= 0.3 is 0 Å². The molecule has 0 radical (unpaired) electrons. The first-order valence-electron chi connectivity index (χ1n) is 9.35. The van der Waals surface area contributed by atoms with Crippen LogP contribution in [0, 0.1) is 0 Å². The Morgan fingerprint density at radius 1 is 1.10 bits per heavy atom. The second kappa shape index (κ2) is 8.32. The van der Waals surface area contributed by atoms with Crippen LogP contribution in [0.1, 0.15) is 28.5 Å². The normalized spacial score (nSPS) is 10.8. The number of aromatic nitrogens is 4. The molecule has 0 aliphatic heterocycles. The van der Waals surface area contributed by atoms with Gasteiger partial charge in [0, 0.05) is 17.3 Å². The molecule has 146 valence electrons. The van der Waals surface area contributed by atoms with E-state index in [0.717, 1.165) is 16.9 Å². The summed E-state index contributed by atoms with van der Waals surface area (Å²) in [5, 5.41) is 12.3. The monoisotopic (exact) mass is 405 g/mol. The highest BCUT2D eigenvalue weighted by atomic mass is 35.5. The fourth-order valence-corrected chi connectivity index (χ4v) is 3.39. The molecule has 2 aromatic carbocycles. The molecule has 7 heteroatoms. The van der Waals surface area contributed by atoms with Gasteiger partial charge in [-0.25, -0.2) is 4.68 Å². The minimum atomic E-state index is -0.236. The number of halogens is 1. The predicted molar refractivity (Wildman–Crippen MR) is 114 cm³/mol. The van der Waals surface area contributed by atoms with Crippen molar-refractivity contribution in [3.8, 4) is 5.69 Å². The van der Waals surface area contributed by atoms with Gasteiger partial charge in [0.25, 0.3) is 5.91 Å². The van der Waals surface area contributed by atoms with Gasteiger partial charge in [0.15, 0.2) is 5.82 Å². The Labute approximate surface area is 173 Å². The Balaban J connectivity index is 1.52. The summed E-state index contributed by atoms with van der Waals surface area (Å²) in [6.07, 6.45) is 4.08. The highest BCUT2D eigenvalue weighted by Crippen LogP contribution is 2.20. The van der Waals surface area contributed by atoms with Crippen molar-refractivity contribution < 1.29 is 4.79 Å². The van der Waals surface area contributed by atoms with Crippen LogP contribution < -0.4 is 5.32 Å². The first-order valence-corrected chi connectivity index (χ1v) is 9.73. The molecule has 2 heterocycles. The summed E-state index contributed by atoms with van der Waals surface area (Å²) < 4.78 is 3.54. The molecule has 1 amide bonds. The van der Waals surface area contributed by atoms with E-state index in [1.54, 1.807) is 27.7 Å². The van der Waals surface area contributed by atoms with Crippen molar-refractivity contribution in [3.05, 3.63) is 94.9 Å². The lowest BCUT2D eigenvalue weighted by Crippen LogP contribution is -2.15. The van der Waals surface area contributed by atoms with Crippen LogP contribution in [0.4, 0.5) is 5.82 Å². The number of carbonyl (C=O) groups is 1. The maximum atomic E-state index is 12.8. The van der Waals surface area contributed by atoms with Crippen LogP contribution in [-0.2, 0) is 13.0 Å². The molecule has 0 spiro atoms. The number of amides is 1. The second-order valence-corrected chi connectivity index (χ2v) is 7.02. The fourth-order valence-electron chi connectivity index (χ4n) is 3.20. The SMILES string of the molecule is CCc1c(C(=O)Nc2ccn(Cc3ccccc3)n2)cnn1-c1cccc(Cl)c1. The van der Waals surface area contributed by atoms with E-state index in [0.29, 0.717) is 29.4 Å². The Kier molecular flexibility index (Phi) is 5.44. The van der Waals surface area contributed by atoms with E-state index < -0.39 is 0 Å². The molecule has 4 rings (SSSR count). The topological polar surface area (TPSA) is 64.7 Å². The molecule has 0 saturated carbocycles. The molecule has 1 N–H and O–H groups in total. The quantitative estimate of drug-likeness (QED) is 0.510. The van der Waals surface area contributed by atoms with Crippen LogP contribution in [0.25, 0.3) is 5.69 Å². The van der Waals surface area contributed by atoms with Crippen molar-refractivity contribution in [3.63, 3.8) is 0 Å². The Hall–Kier alpha value is -3.38. The fraction of sp³-hybridized carbons (Fsp3) is 0.136. The Morgan fingerprint density at radius 2 is 1.93 bits per heavy atom. The summed E-state index contributed by atoms with van der Waals surface area (Å²) in [7, 11) is 0. The number of benzene rings is 2. The van der Waals surface area contributed by atoms with E-state index in [9.17, 15) is 4.79 Å². The summed E-state index contributed by atoms with van der Waals surface area (Å²) in [4.78, 5) is 12.8. The lowest BCUT2D eigenvalue weighted by molar-refractivity contribution is 0.102. The van der Waals surface area contributed by atoms with Gasteiger partial charge in [0.05, 0.1) is 29.7 Å². The molecule has 0 fully saturated rings. The minimum Gasteiger partial charge on any atom is -0.305 e. The average Bonchev–Trinajstić information content (AvgIpc) is 3.35. The van der Waals surface area contributed by atoms with E-state index in [4.69, 9.17) is 11.6 Å². The zero-order valence-corrected chi connectivity index (χ0v) is 16.7. The first-order chi connectivity index (χ1) is 14.1. The number of carbonyl (C=O) groups excluding carboxylic acids is 1. The number of anilines is 1. The molecule has 0 bridgehead atoms. The van der Waals surface area contributed by atoms with Gasteiger partial charge in [0.1, 0.15) is 0 Å². The molecule has 4 aromatic rings. The van der Waals surface area contributed by atoms with Gasteiger partial charge in [0.2, 0.25) is 0 Å². The van der Waals surface area contributed by atoms with Crippen molar-refractivity contribution >= 4 is 23.3 Å². The van der Waals surface area contributed by atoms with Crippen molar-refractivity contribution in [1.82, 2.24) is 19.6 Å². The lowest BCUT2D eigenvalue weighted by atomic mass is 10.2. The molecule has 0 aliphatic rings. The Bertz CT molecular complexity index is 1130. The maximum absolute atomic E-state index is 12.8. The van der Waals surface area contributed by atoms with Crippen LogP contribution in [-0.4, -0.2) is 25.5 Å². The standard InChI is InChI=1S/C22H20ClN5O/c1-2-20-19(14-24-28(20)18-10-6-9-17(23)13-18)22(29)25-21-11-12-27(26-21)15-16-7-4-3-5-8-16/h3-14H,2,15H2,1H3,(H,25,26,29). The van der Waals surface area contributed by atoms with Gasteiger partial charge in [-0.15, -0.1) is 0 Å². The van der Waals surface area contributed by atoms with Crippen LogP contribution >= 0.6 is 11.6 Å². The molecule has 2 aromatic heterocycles. The summed E-state index contributed by atoms with van der Waals surface area (Å²) in [6, 6.07) is 19.2. The molecule has 0 atom stereocenters. The largest absolute Gasteiger partial charge is 0.305 e. The van der Waals surface area contributed by atoms with Crippen molar-refractivity contribution in [1.29, 1.82) is 0 Å². The number of nitrogens with one attached hydrogen (secondary N) is 1. The van der Waals surface area contributed by atoms with Crippen molar-refractivity contribution in [2.75, 3.05) is 5.32 Å². The molecule has 6 nitrogen and oxygen atoms in total. The summed E-state index contributed by atoms with van der Waals surface area (Å²) >= 11 is 6.10. The highest BCUT2D eigenvalue weighted by Gasteiger charge is 2.18. The molecule has 29 heavy (non-hydrogen) atoms. The second-order valence-electron chi connectivity index (χ2n) is 6.59. The van der Waals surface area contributed by atoms with Gasteiger partial charge in [-0.3, -0.25) is 9.48 Å². The maximum Gasteiger partial charge on any atom is 0.260 e. The van der Waals surface area contributed by atoms with Crippen LogP contribution in [0.5, 0.6) is 0 Å². The third-order valence-corrected chi connectivity index (χ3v) is 4.81. The van der Waals surface area contributed by atoms with Gasteiger partial charge in [-0.2, -0.15) is 10.2 Å². The number of nitrogens with zero attached hydrogens (tertiary/aromatic N) is 4. The van der Waals surface area contributed by atoms with Gasteiger partial charge in [-0.05, 0) is 30.2 Å². The van der Waals surface area contributed by atoms with Crippen LogP contribution in [0.2, 0.25) is 5.02 Å². The third-order valence-electron chi connectivity index (χ3n) is 4.57. The van der Waals surface area contributed by atoms with Gasteiger partial charge in [-0.1, -0.05) is 54.9 Å². The molecule has 0 unspecified atom stereocenters. The predicted octanol–water partition coefficient (Wildman–Crippen LogP) is 4.59. The third kappa shape index (κ3) is 4.22. The number of hydrogen-bond donors (Lipinski definition) is 1. The number of hydrogen-bond acceptors (Lipinski definition) is 3. The van der Waals surface area contributed by atoms with Crippen LogP contribution in [0.15, 0.2) is 73.1 Å². The van der Waals surface area contributed by atoms with Gasteiger partial charge < -0.3 is 5.32 Å². The minimum absolute atomic E-state index is 0.236.